The van der Waals surface area contributed by atoms with Crippen molar-refractivity contribution in [2.75, 3.05) is 0 Å². The molecule has 6 heteroatoms. The molecule has 4 nitrogen and oxygen atoms in total. The van der Waals surface area contributed by atoms with Gasteiger partial charge in [0, 0.05) is 22.2 Å². The van der Waals surface area contributed by atoms with Gasteiger partial charge in [0.2, 0.25) is 5.43 Å². The van der Waals surface area contributed by atoms with Crippen molar-refractivity contribution in [1.82, 2.24) is 9.13 Å². The van der Waals surface area contributed by atoms with Gasteiger partial charge in [-0.2, -0.15) is 0 Å². The molecular formula is C21H12ClFN2O2. The SMILES string of the molecule is O=C1c2c(n(Cc3ccc(Cl)cc3F)c3ccccc3c2=O)-c2cccn21. The lowest BCUT2D eigenvalue weighted by molar-refractivity contribution is 0.0968. The van der Waals surface area contributed by atoms with Crippen molar-refractivity contribution in [3.8, 4) is 11.4 Å². The number of fused-ring (bicyclic) bond motifs is 4. The summed E-state index contributed by atoms with van der Waals surface area (Å²) < 4.78 is 17.7. The topological polar surface area (TPSA) is 44.0 Å². The lowest BCUT2D eigenvalue weighted by Gasteiger charge is -2.16. The molecule has 0 saturated heterocycles. The summed E-state index contributed by atoms with van der Waals surface area (Å²) in [5.74, 6) is -0.787. The quantitative estimate of drug-likeness (QED) is 0.459. The van der Waals surface area contributed by atoms with Crippen LogP contribution in [-0.2, 0) is 6.54 Å². The van der Waals surface area contributed by atoms with Gasteiger partial charge in [0.05, 0.1) is 23.4 Å². The van der Waals surface area contributed by atoms with Gasteiger partial charge in [0.1, 0.15) is 11.4 Å². The second-order valence-electron chi connectivity index (χ2n) is 6.46. The van der Waals surface area contributed by atoms with Crippen molar-refractivity contribution in [3.05, 3.63) is 93.0 Å². The standard InChI is InChI=1S/C21H12ClFN2O2/c22-13-8-7-12(15(23)10-13)11-25-16-5-2-1-4-14(16)20(26)18-19(25)17-6-3-9-24(17)21(18)27/h1-10H,11H2. The van der Waals surface area contributed by atoms with Gasteiger partial charge in [0.15, 0.2) is 0 Å². The van der Waals surface area contributed by atoms with E-state index in [2.05, 4.69) is 0 Å². The number of nitrogens with zero attached hydrogens (tertiary/aromatic N) is 2. The molecule has 27 heavy (non-hydrogen) atoms. The molecule has 0 unspecified atom stereocenters. The van der Waals surface area contributed by atoms with Gasteiger partial charge in [0.25, 0.3) is 5.91 Å². The summed E-state index contributed by atoms with van der Waals surface area (Å²) in [6.45, 7) is 0.171. The summed E-state index contributed by atoms with van der Waals surface area (Å²) in [7, 11) is 0. The summed E-state index contributed by atoms with van der Waals surface area (Å²) in [4.78, 5) is 25.8. The largest absolute Gasteiger partial charge is 0.334 e. The molecular weight excluding hydrogens is 367 g/mol. The van der Waals surface area contributed by atoms with E-state index in [-0.39, 0.29) is 23.4 Å². The molecule has 1 aliphatic rings. The fourth-order valence-corrected chi connectivity index (χ4v) is 3.88. The number of para-hydroxylation sites is 1. The Balaban J connectivity index is 1.87. The minimum Gasteiger partial charge on any atom is -0.334 e. The first kappa shape index (κ1) is 16.0. The van der Waals surface area contributed by atoms with Gasteiger partial charge in [-0.05, 0) is 36.4 Å². The van der Waals surface area contributed by atoms with Gasteiger partial charge < -0.3 is 4.57 Å². The Kier molecular flexibility index (Phi) is 3.36. The molecule has 1 aliphatic heterocycles. The van der Waals surface area contributed by atoms with Crippen molar-refractivity contribution in [3.63, 3.8) is 0 Å². The van der Waals surface area contributed by atoms with Crippen LogP contribution in [0.15, 0.2) is 65.6 Å². The number of carbonyl (C=O) groups excluding carboxylic acids is 1. The molecule has 0 N–H and O–H groups in total. The van der Waals surface area contributed by atoms with Crippen molar-refractivity contribution in [2.24, 2.45) is 0 Å². The number of pyridine rings is 1. The lowest BCUT2D eigenvalue weighted by atomic mass is 10.1. The predicted molar refractivity (Wildman–Crippen MR) is 102 cm³/mol. The van der Waals surface area contributed by atoms with Gasteiger partial charge in [-0.1, -0.05) is 29.8 Å². The first-order chi connectivity index (χ1) is 13.1. The Labute approximate surface area is 158 Å². The molecule has 0 saturated carbocycles. The van der Waals surface area contributed by atoms with Crippen LogP contribution < -0.4 is 5.43 Å². The molecule has 0 atom stereocenters. The maximum atomic E-state index is 14.4. The third-order valence-electron chi connectivity index (χ3n) is 4.94. The molecule has 0 amide bonds. The third kappa shape index (κ3) is 2.22. The van der Waals surface area contributed by atoms with Crippen LogP contribution in [0.1, 0.15) is 15.9 Å². The molecule has 4 aromatic rings. The second-order valence-corrected chi connectivity index (χ2v) is 6.90. The maximum absolute atomic E-state index is 14.4. The number of hydrogen-bond donors (Lipinski definition) is 0. The number of benzene rings is 2. The highest BCUT2D eigenvalue weighted by Crippen LogP contribution is 2.33. The van der Waals surface area contributed by atoms with Gasteiger partial charge in [-0.3, -0.25) is 14.2 Å². The average Bonchev–Trinajstić information content (AvgIpc) is 3.23. The van der Waals surface area contributed by atoms with Crippen LogP contribution in [-0.4, -0.2) is 15.0 Å². The van der Waals surface area contributed by atoms with E-state index in [0.717, 1.165) is 0 Å². The first-order valence-electron chi connectivity index (χ1n) is 8.38. The predicted octanol–water partition coefficient (Wildman–Crippen LogP) is 4.31. The van der Waals surface area contributed by atoms with Crippen LogP contribution in [0.4, 0.5) is 4.39 Å². The van der Waals surface area contributed by atoms with Gasteiger partial charge in [-0.15, -0.1) is 0 Å². The number of rotatable bonds is 2. The summed E-state index contributed by atoms with van der Waals surface area (Å²) in [5.41, 5.74) is 2.04. The Morgan fingerprint density at radius 2 is 1.81 bits per heavy atom. The van der Waals surface area contributed by atoms with Gasteiger partial charge >= 0.3 is 0 Å². The monoisotopic (exact) mass is 378 g/mol. The molecule has 0 bridgehead atoms. The molecule has 5 rings (SSSR count). The average molecular weight is 379 g/mol. The Hall–Kier alpha value is -3.18. The fraction of sp³-hybridized carbons (Fsp3) is 0.0476. The summed E-state index contributed by atoms with van der Waals surface area (Å²) in [5, 5.41) is 0.750. The molecule has 2 aromatic heterocycles. The highest BCUT2D eigenvalue weighted by atomic mass is 35.5. The van der Waals surface area contributed by atoms with E-state index in [1.54, 1.807) is 48.7 Å². The van der Waals surface area contributed by atoms with Crippen molar-refractivity contribution in [1.29, 1.82) is 0 Å². The summed E-state index contributed by atoms with van der Waals surface area (Å²) in [6, 6.07) is 15.1. The fourth-order valence-electron chi connectivity index (χ4n) is 3.72. The maximum Gasteiger partial charge on any atom is 0.268 e. The normalized spacial score (nSPS) is 12.4. The lowest BCUT2D eigenvalue weighted by Crippen LogP contribution is -2.20. The van der Waals surface area contributed by atoms with E-state index in [4.69, 9.17) is 11.6 Å². The molecule has 3 heterocycles. The first-order valence-corrected chi connectivity index (χ1v) is 8.76. The highest BCUT2D eigenvalue weighted by Gasteiger charge is 2.32. The Morgan fingerprint density at radius 1 is 1.00 bits per heavy atom. The smallest absolute Gasteiger partial charge is 0.268 e. The molecule has 0 fully saturated rings. The van der Waals surface area contributed by atoms with E-state index in [0.29, 0.717) is 32.9 Å². The Bertz CT molecular complexity index is 1320. The zero-order valence-corrected chi connectivity index (χ0v) is 14.7. The van der Waals surface area contributed by atoms with Crippen LogP contribution in [0.2, 0.25) is 5.02 Å². The number of carbonyl (C=O) groups is 1. The summed E-state index contributed by atoms with van der Waals surface area (Å²) >= 11 is 5.86. The molecule has 0 aliphatic carbocycles. The van der Waals surface area contributed by atoms with Crippen LogP contribution in [0.5, 0.6) is 0 Å². The minimum atomic E-state index is -0.432. The van der Waals surface area contributed by atoms with Crippen LogP contribution in [0.3, 0.4) is 0 Å². The highest BCUT2D eigenvalue weighted by molar-refractivity contribution is 6.30. The van der Waals surface area contributed by atoms with E-state index in [1.807, 2.05) is 10.6 Å². The number of aromatic nitrogens is 2. The van der Waals surface area contributed by atoms with Crippen molar-refractivity contribution < 1.29 is 9.18 Å². The van der Waals surface area contributed by atoms with Gasteiger partial charge in [-0.25, -0.2) is 4.39 Å². The van der Waals surface area contributed by atoms with Crippen LogP contribution >= 0.6 is 11.6 Å². The number of hydrogen-bond acceptors (Lipinski definition) is 2. The van der Waals surface area contributed by atoms with Crippen molar-refractivity contribution >= 4 is 28.4 Å². The van der Waals surface area contributed by atoms with Crippen molar-refractivity contribution in [2.45, 2.75) is 6.54 Å². The van der Waals surface area contributed by atoms with E-state index in [9.17, 15) is 14.0 Å². The molecule has 132 valence electrons. The van der Waals surface area contributed by atoms with Crippen LogP contribution in [0, 0.1) is 5.82 Å². The zero-order chi connectivity index (χ0) is 18.7. The molecule has 2 aromatic carbocycles. The Morgan fingerprint density at radius 3 is 2.63 bits per heavy atom. The van der Waals surface area contributed by atoms with E-state index in [1.165, 1.54) is 10.6 Å². The zero-order valence-electron chi connectivity index (χ0n) is 13.9. The van der Waals surface area contributed by atoms with E-state index < -0.39 is 5.82 Å². The molecule has 0 spiro atoms. The minimum absolute atomic E-state index is 0.124. The summed E-state index contributed by atoms with van der Waals surface area (Å²) in [6.07, 6.45) is 1.63. The van der Waals surface area contributed by atoms with E-state index >= 15 is 0 Å². The molecule has 0 radical (unpaired) electrons. The number of halogens is 2. The second kappa shape index (κ2) is 5.66. The third-order valence-corrected chi connectivity index (χ3v) is 5.18. The van der Waals surface area contributed by atoms with Crippen LogP contribution in [0.25, 0.3) is 22.3 Å².